The first-order chi connectivity index (χ1) is 6.19. The second kappa shape index (κ2) is 4.08. The Morgan fingerprint density at radius 3 is 2.54 bits per heavy atom. The number of benzene rings is 1. The molecule has 0 bridgehead atoms. The molecule has 0 aliphatic rings. The summed E-state index contributed by atoms with van der Waals surface area (Å²) in [6.07, 6.45) is 1.88. The number of hydrogen-bond acceptors (Lipinski definition) is 2. The van der Waals surface area contributed by atoms with E-state index in [2.05, 4.69) is 13.0 Å². The third-order valence-corrected chi connectivity index (χ3v) is 2.11. The highest BCUT2D eigenvalue weighted by Crippen LogP contribution is 2.18. The second-order valence-corrected chi connectivity index (χ2v) is 3.26. The Bertz CT molecular complexity index is 305. The van der Waals surface area contributed by atoms with Crippen LogP contribution < -0.4 is 4.90 Å². The Hall–Kier alpha value is -1.31. The minimum Gasteiger partial charge on any atom is -0.377 e. The number of aldehydes is 1. The summed E-state index contributed by atoms with van der Waals surface area (Å²) >= 11 is 0. The highest BCUT2D eigenvalue weighted by Gasteiger charge is 2.03. The largest absolute Gasteiger partial charge is 0.377 e. The maximum Gasteiger partial charge on any atom is 0.152 e. The van der Waals surface area contributed by atoms with Crippen molar-refractivity contribution in [3.8, 4) is 0 Å². The molecule has 0 saturated heterocycles. The van der Waals surface area contributed by atoms with Gasteiger partial charge in [0.2, 0.25) is 0 Å². The number of rotatable bonds is 3. The van der Waals surface area contributed by atoms with Crippen molar-refractivity contribution in [2.45, 2.75) is 13.3 Å². The van der Waals surface area contributed by atoms with Crippen molar-refractivity contribution in [2.75, 3.05) is 19.0 Å². The highest BCUT2D eigenvalue weighted by atomic mass is 16.1. The zero-order valence-electron chi connectivity index (χ0n) is 8.37. The van der Waals surface area contributed by atoms with Crippen molar-refractivity contribution >= 4 is 12.0 Å². The van der Waals surface area contributed by atoms with Gasteiger partial charge in [-0.15, -0.1) is 0 Å². The molecule has 0 unspecified atom stereocenters. The molecule has 0 amide bonds. The first-order valence-electron chi connectivity index (χ1n) is 4.44. The molecule has 1 aromatic carbocycles. The van der Waals surface area contributed by atoms with Gasteiger partial charge in [0.05, 0.1) is 0 Å². The molecule has 0 saturated carbocycles. The Balaban J connectivity index is 3.15. The van der Waals surface area contributed by atoms with Crippen LogP contribution in [0.5, 0.6) is 0 Å². The smallest absolute Gasteiger partial charge is 0.152 e. The zero-order valence-corrected chi connectivity index (χ0v) is 8.37. The van der Waals surface area contributed by atoms with Crippen LogP contribution in [-0.2, 0) is 6.42 Å². The van der Waals surface area contributed by atoms with Crippen LogP contribution in [0.2, 0.25) is 0 Å². The van der Waals surface area contributed by atoms with Gasteiger partial charge in [0.25, 0.3) is 0 Å². The number of hydrogen-bond donors (Lipinski definition) is 0. The Morgan fingerprint density at radius 1 is 1.38 bits per heavy atom. The maximum absolute atomic E-state index is 10.8. The number of anilines is 1. The molecule has 0 heterocycles. The lowest BCUT2D eigenvalue weighted by atomic mass is 10.1. The summed E-state index contributed by atoms with van der Waals surface area (Å²) in [6.45, 7) is 2.08. The second-order valence-electron chi connectivity index (χ2n) is 3.26. The zero-order chi connectivity index (χ0) is 9.84. The molecule has 1 rings (SSSR count). The van der Waals surface area contributed by atoms with Gasteiger partial charge in [-0.2, -0.15) is 0 Å². The van der Waals surface area contributed by atoms with E-state index in [0.717, 1.165) is 24.0 Å². The van der Waals surface area contributed by atoms with E-state index in [1.54, 1.807) is 0 Å². The molecular weight excluding hydrogens is 162 g/mol. The maximum atomic E-state index is 10.8. The topological polar surface area (TPSA) is 20.3 Å². The molecule has 0 aliphatic carbocycles. The summed E-state index contributed by atoms with van der Waals surface area (Å²) in [5, 5.41) is 0. The van der Waals surface area contributed by atoms with Gasteiger partial charge in [0.1, 0.15) is 0 Å². The fraction of sp³-hybridized carbons (Fsp3) is 0.364. The van der Waals surface area contributed by atoms with Crippen molar-refractivity contribution in [3.63, 3.8) is 0 Å². The molecule has 13 heavy (non-hydrogen) atoms. The van der Waals surface area contributed by atoms with Gasteiger partial charge in [-0.3, -0.25) is 4.79 Å². The Kier molecular flexibility index (Phi) is 3.07. The predicted molar refractivity (Wildman–Crippen MR) is 55.5 cm³/mol. The van der Waals surface area contributed by atoms with E-state index in [4.69, 9.17) is 0 Å². The summed E-state index contributed by atoms with van der Waals surface area (Å²) in [7, 11) is 3.88. The molecule has 0 fully saturated rings. The van der Waals surface area contributed by atoms with Gasteiger partial charge < -0.3 is 4.90 Å². The standard InChI is InChI=1S/C11H15NO/c1-4-9-5-6-11(12(2)3)10(7-9)8-13/h5-8H,4H2,1-3H3. The van der Waals surface area contributed by atoms with Crippen LogP contribution in [0.4, 0.5) is 5.69 Å². The summed E-state index contributed by atoms with van der Waals surface area (Å²) in [5.74, 6) is 0. The molecule has 70 valence electrons. The van der Waals surface area contributed by atoms with Crippen molar-refractivity contribution in [1.82, 2.24) is 0 Å². The number of carbonyl (C=O) groups excluding carboxylic acids is 1. The molecule has 0 aliphatic heterocycles. The summed E-state index contributed by atoms with van der Waals surface area (Å²) in [5.41, 5.74) is 2.95. The van der Waals surface area contributed by atoms with Crippen LogP contribution in [0.3, 0.4) is 0 Å². The van der Waals surface area contributed by atoms with Crippen LogP contribution in [0, 0.1) is 0 Å². The van der Waals surface area contributed by atoms with E-state index >= 15 is 0 Å². The van der Waals surface area contributed by atoms with Gasteiger partial charge in [-0.1, -0.05) is 13.0 Å². The average molecular weight is 177 g/mol. The quantitative estimate of drug-likeness (QED) is 0.659. The number of aryl methyl sites for hydroxylation is 1. The molecule has 0 radical (unpaired) electrons. The van der Waals surface area contributed by atoms with E-state index in [-0.39, 0.29) is 0 Å². The molecule has 2 nitrogen and oxygen atoms in total. The Morgan fingerprint density at radius 2 is 2.08 bits per heavy atom. The van der Waals surface area contributed by atoms with E-state index in [1.807, 2.05) is 31.1 Å². The SMILES string of the molecule is CCc1ccc(N(C)C)c(C=O)c1. The van der Waals surface area contributed by atoms with E-state index in [1.165, 1.54) is 5.56 Å². The molecule has 1 aromatic rings. The summed E-state index contributed by atoms with van der Waals surface area (Å²) in [4.78, 5) is 12.7. The fourth-order valence-corrected chi connectivity index (χ4v) is 1.33. The lowest BCUT2D eigenvalue weighted by molar-refractivity contribution is 0.112. The van der Waals surface area contributed by atoms with Gasteiger partial charge in [-0.05, 0) is 24.1 Å². The highest BCUT2D eigenvalue weighted by molar-refractivity contribution is 5.84. The van der Waals surface area contributed by atoms with Gasteiger partial charge >= 0.3 is 0 Å². The van der Waals surface area contributed by atoms with Crippen molar-refractivity contribution < 1.29 is 4.79 Å². The van der Waals surface area contributed by atoms with Crippen molar-refractivity contribution in [2.24, 2.45) is 0 Å². The molecule has 0 N–H and O–H groups in total. The van der Waals surface area contributed by atoms with Crippen LogP contribution >= 0.6 is 0 Å². The van der Waals surface area contributed by atoms with Crippen LogP contribution in [0.1, 0.15) is 22.8 Å². The van der Waals surface area contributed by atoms with E-state index < -0.39 is 0 Å². The molecule has 0 atom stereocenters. The van der Waals surface area contributed by atoms with Crippen LogP contribution in [0.15, 0.2) is 18.2 Å². The third kappa shape index (κ3) is 2.08. The van der Waals surface area contributed by atoms with Gasteiger partial charge in [0, 0.05) is 25.3 Å². The first-order valence-corrected chi connectivity index (χ1v) is 4.44. The Labute approximate surface area is 79.2 Å². The fourth-order valence-electron chi connectivity index (χ4n) is 1.33. The lowest BCUT2D eigenvalue weighted by Crippen LogP contribution is -2.11. The molecule has 2 heteroatoms. The molecule has 0 spiro atoms. The normalized spacial score (nSPS) is 9.77. The van der Waals surface area contributed by atoms with E-state index in [0.29, 0.717) is 0 Å². The van der Waals surface area contributed by atoms with Crippen LogP contribution in [0.25, 0.3) is 0 Å². The third-order valence-electron chi connectivity index (χ3n) is 2.11. The van der Waals surface area contributed by atoms with Gasteiger partial charge in [-0.25, -0.2) is 0 Å². The monoisotopic (exact) mass is 177 g/mol. The first kappa shape index (κ1) is 9.78. The van der Waals surface area contributed by atoms with Crippen molar-refractivity contribution in [1.29, 1.82) is 0 Å². The van der Waals surface area contributed by atoms with Crippen LogP contribution in [-0.4, -0.2) is 20.4 Å². The number of nitrogens with zero attached hydrogens (tertiary/aromatic N) is 1. The van der Waals surface area contributed by atoms with Gasteiger partial charge in [0.15, 0.2) is 6.29 Å². The number of carbonyl (C=O) groups is 1. The predicted octanol–water partition coefficient (Wildman–Crippen LogP) is 2.13. The van der Waals surface area contributed by atoms with Crippen molar-refractivity contribution in [3.05, 3.63) is 29.3 Å². The summed E-state index contributed by atoms with van der Waals surface area (Å²) < 4.78 is 0. The lowest BCUT2D eigenvalue weighted by Gasteiger charge is -2.15. The average Bonchev–Trinajstić information content (AvgIpc) is 2.16. The molecule has 0 aromatic heterocycles. The minimum absolute atomic E-state index is 0.768. The summed E-state index contributed by atoms with van der Waals surface area (Å²) in [6, 6.07) is 5.99. The molecular formula is C11H15NO. The van der Waals surface area contributed by atoms with E-state index in [9.17, 15) is 4.79 Å². The minimum atomic E-state index is 0.768.